The number of nitrogens with one attached hydrogen (secondary N) is 1. The molecule has 2 atom stereocenters. The predicted octanol–water partition coefficient (Wildman–Crippen LogP) is 0.455. The summed E-state index contributed by atoms with van der Waals surface area (Å²) in [7, 11) is 2.16. The zero-order valence-corrected chi connectivity index (χ0v) is 14.8. The van der Waals surface area contributed by atoms with E-state index in [4.69, 9.17) is 5.73 Å². The van der Waals surface area contributed by atoms with Gasteiger partial charge in [0.05, 0.1) is 6.04 Å². The first-order chi connectivity index (χ1) is 9.95. The van der Waals surface area contributed by atoms with Crippen LogP contribution in [0.15, 0.2) is 0 Å². The molecular weight excluding hydrogens is 284 g/mol. The Bertz CT molecular complexity index is 306. The SMILES string of the molecule is CSCC[C@H](N)C(=O)NCC(C(C)C)N1CCN(C)CC1. The maximum absolute atomic E-state index is 12.0. The van der Waals surface area contributed by atoms with Gasteiger partial charge in [-0.2, -0.15) is 11.8 Å². The topological polar surface area (TPSA) is 61.6 Å². The highest BCUT2D eigenvalue weighted by Gasteiger charge is 2.25. The summed E-state index contributed by atoms with van der Waals surface area (Å²) >= 11 is 1.73. The van der Waals surface area contributed by atoms with Gasteiger partial charge in [-0.1, -0.05) is 13.8 Å². The van der Waals surface area contributed by atoms with Crippen LogP contribution in [0.25, 0.3) is 0 Å². The van der Waals surface area contributed by atoms with Gasteiger partial charge in [0, 0.05) is 38.8 Å². The Morgan fingerprint density at radius 2 is 1.90 bits per heavy atom. The second kappa shape index (κ2) is 9.66. The molecule has 0 aromatic heterocycles. The molecule has 0 spiro atoms. The van der Waals surface area contributed by atoms with Gasteiger partial charge in [0.2, 0.25) is 5.91 Å². The molecule has 1 heterocycles. The van der Waals surface area contributed by atoms with Crippen LogP contribution in [0.1, 0.15) is 20.3 Å². The first-order valence-corrected chi connectivity index (χ1v) is 9.30. The third kappa shape index (κ3) is 6.55. The van der Waals surface area contributed by atoms with E-state index in [-0.39, 0.29) is 11.9 Å². The molecule has 1 amide bonds. The number of piperazine rings is 1. The van der Waals surface area contributed by atoms with Crippen LogP contribution in [0.3, 0.4) is 0 Å². The van der Waals surface area contributed by atoms with Gasteiger partial charge in [0.15, 0.2) is 0 Å². The predicted molar refractivity (Wildman–Crippen MR) is 91.7 cm³/mol. The van der Waals surface area contributed by atoms with Crippen LogP contribution in [0, 0.1) is 5.92 Å². The van der Waals surface area contributed by atoms with E-state index in [9.17, 15) is 4.79 Å². The zero-order chi connectivity index (χ0) is 15.8. The lowest BCUT2D eigenvalue weighted by atomic mass is 10.0. The number of carbonyl (C=O) groups is 1. The van der Waals surface area contributed by atoms with Gasteiger partial charge in [-0.3, -0.25) is 9.69 Å². The average Bonchev–Trinajstić information content (AvgIpc) is 2.46. The summed E-state index contributed by atoms with van der Waals surface area (Å²) in [5.41, 5.74) is 5.92. The monoisotopic (exact) mass is 316 g/mol. The Hall–Kier alpha value is -0.300. The number of hydrogen-bond donors (Lipinski definition) is 2. The van der Waals surface area contributed by atoms with Gasteiger partial charge >= 0.3 is 0 Å². The van der Waals surface area contributed by atoms with Gasteiger partial charge in [0.1, 0.15) is 0 Å². The molecule has 3 N–H and O–H groups in total. The molecule has 0 radical (unpaired) electrons. The van der Waals surface area contributed by atoms with E-state index < -0.39 is 0 Å². The van der Waals surface area contributed by atoms with Gasteiger partial charge in [0.25, 0.3) is 0 Å². The highest BCUT2D eigenvalue weighted by atomic mass is 32.2. The molecule has 1 unspecified atom stereocenters. The van der Waals surface area contributed by atoms with E-state index >= 15 is 0 Å². The van der Waals surface area contributed by atoms with Gasteiger partial charge < -0.3 is 16.0 Å². The lowest BCUT2D eigenvalue weighted by molar-refractivity contribution is -0.122. The van der Waals surface area contributed by atoms with Crippen LogP contribution >= 0.6 is 11.8 Å². The summed E-state index contributed by atoms with van der Waals surface area (Å²) < 4.78 is 0. The first kappa shape index (κ1) is 18.7. The third-order valence-electron chi connectivity index (χ3n) is 4.23. The minimum Gasteiger partial charge on any atom is -0.353 e. The minimum absolute atomic E-state index is 0.0103. The molecule has 1 rings (SSSR count). The van der Waals surface area contributed by atoms with Crippen molar-refractivity contribution >= 4 is 17.7 Å². The largest absolute Gasteiger partial charge is 0.353 e. The van der Waals surface area contributed by atoms with Crippen molar-refractivity contribution < 1.29 is 4.79 Å². The molecule has 1 saturated heterocycles. The van der Waals surface area contributed by atoms with Crippen molar-refractivity contribution in [1.29, 1.82) is 0 Å². The Balaban J connectivity index is 2.42. The first-order valence-electron chi connectivity index (χ1n) is 7.90. The standard InChI is InChI=1S/C15H32N4OS/c1-12(2)14(19-8-6-18(3)7-9-19)11-17-15(20)13(16)5-10-21-4/h12-14H,5-11,16H2,1-4H3,(H,17,20)/t13-,14?/m0/s1. The number of likely N-dealkylation sites (N-methyl/N-ethyl adjacent to an activating group) is 1. The van der Waals surface area contributed by atoms with Crippen LogP contribution in [0.4, 0.5) is 0 Å². The lowest BCUT2D eigenvalue weighted by Crippen LogP contribution is -2.55. The molecule has 1 aliphatic rings. The highest BCUT2D eigenvalue weighted by Crippen LogP contribution is 2.13. The van der Waals surface area contributed by atoms with Crippen molar-refractivity contribution in [3.05, 3.63) is 0 Å². The number of hydrogen-bond acceptors (Lipinski definition) is 5. The lowest BCUT2D eigenvalue weighted by Gasteiger charge is -2.40. The van der Waals surface area contributed by atoms with Crippen LogP contribution in [-0.2, 0) is 4.79 Å². The Kier molecular flexibility index (Phi) is 8.63. The molecule has 1 aliphatic heterocycles. The van der Waals surface area contributed by atoms with Crippen LogP contribution < -0.4 is 11.1 Å². The fraction of sp³-hybridized carbons (Fsp3) is 0.933. The molecule has 21 heavy (non-hydrogen) atoms. The number of carbonyl (C=O) groups excluding carboxylic acids is 1. The van der Waals surface area contributed by atoms with Crippen LogP contribution in [0.2, 0.25) is 0 Å². The van der Waals surface area contributed by atoms with E-state index in [1.807, 2.05) is 6.26 Å². The van der Waals surface area contributed by atoms with Crippen molar-refractivity contribution in [2.45, 2.75) is 32.4 Å². The van der Waals surface area contributed by atoms with Crippen molar-refractivity contribution in [3.63, 3.8) is 0 Å². The highest BCUT2D eigenvalue weighted by molar-refractivity contribution is 7.98. The van der Waals surface area contributed by atoms with Gasteiger partial charge in [-0.15, -0.1) is 0 Å². The Morgan fingerprint density at radius 3 is 2.43 bits per heavy atom. The maximum Gasteiger partial charge on any atom is 0.237 e. The van der Waals surface area contributed by atoms with E-state index in [2.05, 4.69) is 36.0 Å². The molecule has 0 bridgehead atoms. The molecule has 1 fully saturated rings. The third-order valence-corrected chi connectivity index (χ3v) is 4.88. The van der Waals surface area contributed by atoms with Gasteiger partial charge in [-0.25, -0.2) is 0 Å². The molecule has 0 aromatic carbocycles. The zero-order valence-electron chi connectivity index (χ0n) is 14.0. The second-order valence-electron chi connectivity index (χ2n) is 6.28. The molecule has 0 aliphatic carbocycles. The summed E-state index contributed by atoms with van der Waals surface area (Å²) in [6.07, 6.45) is 2.78. The van der Waals surface area contributed by atoms with E-state index in [1.54, 1.807) is 11.8 Å². The van der Waals surface area contributed by atoms with E-state index in [1.165, 1.54) is 0 Å². The van der Waals surface area contributed by atoms with Crippen LogP contribution in [0.5, 0.6) is 0 Å². The Labute approximate surface area is 134 Å². The summed E-state index contributed by atoms with van der Waals surface area (Å²) in [6.45, 7) is 9.51. The second-order valence-corrected chi connectivity index (χ2v) is 7.27. The van der Waals surface area contributed by atoms with E-state index in [0.29, 0.717) is 18.5 Å². The van der Waals surface area contributed by atoms with Crippen LogP contribution in [-0.4, -0.2) is 79.6 Å². The number of thioether (sulfide) groups is 1. The number of nitrogens with zero attached hydrogens (tertiary/aromatic N) is 2. The van der Waals surface area contributed by atoms with Crippen molar-refractivity contribution in [2.75, 3.05) is 51.8 Å². The number of amides is 1. The average molecular weight is 317 g/mol. The molecule has 124 valence electrons. The minimum atomic E-state index is -0.377. The number of nitrogens with two attached hydrogens (primary N) is 1. The summed E-state index contributed by atoms with van der Waals surface area (Å²) in [6, 6.07) is 0.0214. The molecule has 5 nitrogen and oxygen atoms in total. The molecule has 0 saturated carbocycles. The number of rotatable bonds is 8. The summed E-state index contributed by atoms with van der Waals surface area (Å²) in [5, 5.41) is 3.05. The van der Waals surface area contributed by atoms with Crippen molar-refractivity contribution in [2.24, 2.45) is 11.7 Å². The summed E-state index contributed by atoms with van der Waals surface area (Å²) in [5.74, 6) is 1.45. The van der Waals surface area contributed by atoms with Crippen molar-refractivity contribution in [1.82, 2.24) is 15.1 Å². The molecule has 6 heteroatoms. The smallest absolute Gasteiger partial charge is 0.237 e. The van der Waals surface area contributed by atoms with E-state index in [0.717, 1.165) is 38.4 Å². The summed E-state index contributed by atoms with van der Waals surface area (Å²) in [4.78, 5) is 16.9. The normalized spacial score (nSPS) is 20.5. The fourth-order valence-corrected chi connectivity index (χ4v) is 3.14. The Morgan fingerprint density at radius 1 is 1.29 bits per heavy atom. The van der Waals surface area contributed by atoms with Gasteiger partial charge in [-0.05, 0) is 31.4 Å². The maximum atomic E-state index is 12.0. The molecule has 0 aromatic rings. The van der Waals surface area contributed by atoms with Crippen molar-refractivity contribution in [3.8, 4) is 0 Å². The quantitative estimate of drug-likeness (QED) is 0.681. The fourth-order valence-electron chi connectivity index (χ4n) is 2.65. The molecular formula is C15H32N4OS.